The van der Waals surface area contributed by atoms with Gasteiger partial charge in [-0.2, -0.15) is 0 Å². The zero-order valence-electron chi connectivity index (χ0n) is 9.68. The Balaban J connectivity index is 1.77. The lowest BCUT2D eigenvalue weighted by molar-refractivity contribution is -0.143. The third-order valence-corrected chi connectivity index (χ3v) is 4.72. The molecule has 0 saturated heterocycles. The van der Waals surface area contributed by atoms with Crippen LogP contribution in [-0.2, 0) is 9.59 Å². The highest BCUT2D eigenvalue weighted by Gasteiger charge is 2.52. The Morgan fingerprint density at radius 3 is 2.72 bits per heavy atom. The van der Waals surface area contributed by atoms with E-state index < -0.39 is 11.5 Å². The van der Waals surface area contributed by atoms with E-state index in [4.69, 9.17) is 5.11 Å². The van der Waals surface area contributed by atoms with Crippen molar-refractivity contribution in [2.24, 2.45) is 0 Å². The average Bonchev–Trinajstić information content (AvgIpc) is 3.01. The summed E-state index contributed by atoms with van der Waals surface area (Å²) >= 11 is 1.65. The predicted molar refractivity (Wildman–Crippen MR) is 67.7 cm³/mol. The fourth-order valence-electron chi connectivity index (χ4n) is 2.22. The van der Waals surface area contributed by atoms with Crippen molar-refractivity contribution in [1.29, 1.82) is 0 Å². The fourth-order valence-corrected chi connectivity index (χ4v) is 3.45. The summed E-state index contributed by atoms with van der Waals surface area (Å²) in [7, 11) is 0. The lowest BCUT2D eigenvalue weighted by Gasteiger charge is -2.16. The van der Waals surface area contributed by atoms with Crippen molar-refractivity contribution < 1.29 is 14.7 Å². The third-order valence-electron chi connectivity index (χ3n) is 3.54. The molecule has 1 heterocycles. The number of amides is 1. The summed E-state index contributed by atoms with van der Waals surface area (Å²) in [6.45, 7) is 0. The van der Waals surface area contributed by atoms with Crippen molar-refractivity contribution in [2.75, 3.05) is 5.75 Å². The van der Waals surface area contributed by atoms with E-state index >= 15 is 0 Å². The molecule has 5 heteroatoms. The van der Waals surface area contributed by atoms with Crippen LogP contribution in [0.3, 0.4) is 0 Å². The molecule has 18 heavy (non-hydrogen) atoms. The van der Waals surface area contributed by atoms with Gasteiger partial charge in [-0.1, -0.05) is 18.2 Å². The molecule has 1 aliphatic heterocycles. The summed E-state index contributed by atoms with van der Waals surface area (Å²) in [5.41, 5.74) is 0.0282. The summed E-state index contributed by atoms with van der Waals surface area (Å²) in [6, 6.07) is 7.80. The molecule has 1 fully saturated rings. The van der Waals surface area contributed by atoms with Crippen molar-refractivity contribution in [1.82, 2.24) is 5.32 Å². The normalized spacial score (nSPS) is 23.2. The second-order valence-electron chi connectivity index (χ2n) is 4.78. The third kappa shape index (κ3) is 1.79. The summed E-state index contributed by atoms with van der Waals surface area (Å²) in [5, 5.41) is 11.8. The predicted octanol–water partition coefficient (Wildman–Crippen LogP) is 1.61. The van der Waals surface area contributed by atoms with E-state index in [0.29, 0.717) is 18.6 Å². The maximum Gasteiger partial charge on any atom is 0.329 e. The minimum atomic E-state index is -0.987. The fraction of sp³-hybridized carbons (Fsp3) is 0.385. The quantitative estimate of drug-likeness (QED) is 0.869. The number of benzene rings is 1. The van der Waals surface area contributed by atoms with Gasteiger partial charge < -0.3 is 10.4 Å². The van der Waals surface area contributed by atoms with Gasteiger partial charge in [-0.15, -0.1) is 11.8 Å². The van der Waals surface area contributed by atoms with E-state index in [-0.39, 0.29) is 11.8 Å². The smallest absolute Gasteiger partial charge is 0.329 e. The van der Waals surface area contributed by atoms with Crippen LogP contribution in [0.15, 0.2) is 29.2 Å². The van der Waals surface area contributed by atoms with E-state index in [1.165, 1.54) is 0 Å². The van der Waals surface area contributed by atoms with Crippen LogP contribution in [0.25, 0.3) is 0 Å². The number of rotatable bonds is 3. The van der Waals surface area contributed by atoms with Gasteiger partial charge in [0.25, 0.3) is 0 Å². The summed E-state index contributed by atoms with van der Waals surface area (Å²) < 4.78 is 0. The van der Waals surface area contributed by atoms with E-state index in [0.717, 1.165) is 10.5 Å². The van der Waals surface area contributed by atoms with Gasteiger partial charge in [0, 0.05) is 10.6 Å². The number of carbonyl (C=O) groups is 2. The highest BCUT2D eigenvalue weighted by Crippen LogP contribution is 2.41. The molecule has 0 radical (unpaired) electrons. The summed E-state index contributed by atoms with van der Waals surface area (Å²) in [4.78, 5) is 24.4. The molecule has 1 saturated carbocycles. The monoisotopic (exact) mass is 263 g/mol. The largest absolute Gasteiger partial charge is 0.480 e. The first kappa shape index (κ1) is 11.6. The molecule has 1 amide bonds. The number of hydrogen-bond acceptors (Lipinski definition) is 3. The number of aliphatic carboxylic acids is 1. The molecule has 1 atom stereocenters. The van der Waals surface area contributed by atoms with Crippen molar-refractivity contribution in [3.05, 3.63) is 29.8 Å². The first-order valence-electron chi connectivity index (χ1n) is 5.89. The SMILES string of the molecule is O=C(NC1(C(=O)O)CC1)[C@@H]1CSc2ccccc21. The lowest BCUT2D eigenvalue weighted by Crippen LogP contribution is -2.45. The van der Waals surface area contributed by atoms with Crippen molar-refractivity contribution in [3.8, 4) is 0 Å². The molecule has 0 aromatic heterocycles. The number of hydrogen-bond donors (Lipinski definition) is 2. The zero-order valence-corrected chi connectivity index (χ0v) is 10.5. The molecule has 0 unspecified atom stereocenters. The van der Waals surface area contributed by atoms with Gasteiger partial charge in [-0.3, -0.25) is 4.79 Å². The Bertz CT molecular complexity index is 525. The molecule has 1 aromatic rings. The Morgan fingerprint density at radius 2 is 2.06 bits per heavy atom. The Morgan fingerprint density at radius 1 is 1.33 bits per heavy atom. The molecule has 0 bridgehead atoms. The van der Waals surface area contributed by atoms with E-state index in [9.17, 15) is 9.59 Å². The molecule has 4 nitrogen and oxygen atoms in total. The first-order chi connectivity index (χ1) is 8.62. The Labute approximate surface area is 109 Å². The van der Waals surface area contributed by atoms with Crippen LogP contribution in [0, 0.1) is 0 Å². The van der Waals surface area contributed by atoms with Gasteiger partial charge in [0.1, 0.15) is 5.54 Å². The molecule has 0 spiro atoms. The highest BCUT2D eigenvalue weighted by molar-refractivity contribution is 7.99. The van der Waals surface area contributed by atoms with Crippen LogP contribution in [-0.4, -0.2) is 28.3 Å². The number of fused-ring (bicyclic) bond motifs is 1. The van der Waals surface area contributed by atoms with Crippen molar-refractivity contribution in [3.63, 3.8) is 0 Å². The molecule has 3 rings (SSSR count). The van der Waals surface area contributed by atoms with Gasteiger partial charge in [-0.25, -0.2) is 4.79 Å². The minimum Gasteiger partial charge on any atom is -0.480 e. The van der Waals surface area contributed by atoms with Crippen molar-refractivity contribution >= 4 is 23.6 Å². The molecular weight excluding hydrogens is 250 g/mol. The van der Waals surface area contributed by atoms with Gasteiger partial charge in [0.05, 0.1) is 5.92 Å². The van der Waals surface area contributed by atoms with Gasteiger partial charge in [0.15, 0.2) is 0 Å². The average molecular weight is 263 g/mol. The zero-order chi connectivity index (χ0) is 12.8. The summed E-state index contributed by atoms with van der Waals surface area (Å²) in [5.74, 6) is -0.605. The standard InChI is InChI=1S/C13H13NO3S/c15-11(14-13(5-6-13)12(16)17)9-7-18-10-4-2-1-3-8(9)10/h1-4,9H,5-7H2,(H,14,15)(H,16,17)/t9-/m1/s1. The van der Waals surface area contributed by atoms with Gasteiger partial charge >= 0.3 is 5.97 Å². The van der Waals surface area contributed by atoms with Crippen LogP contribution in [0.4, 0.5) is 0 Å². The molecule has 2 N–H and O–H groups in total. The number of carboxylic acid groups (broad SMARTS) is 1. The maximum absolute atomic E-state index is 12.2. The number of nitrogens with one attached hydrogen (secondary N) is 1. The van der Waals surface area contributed by atoms with E-state index in [1.807, 2.05) is 24.3 Å². The Kier molecular flexibility index (Phi) is 2.59. The van der Waals surface area contributed by atoms with Crippen LogP contribution in [0.2, 0.25) is 0 Å². The maximum atomic E-state index is 12.2. The number of carbonyl (C=O) groups excluding carboxylic acids is 1. The van der Waals surface area contributed by atoms with Crippen molar-refractivity contribution in [2.45, 2.75) is 29.2 Å². The second kappa shape index (κ2) is 4.02. The van der Waals surface area contributed by atoms with Crippen LogP contribution < -0.4 is 5.32 Å². The minimum absolute atomic E-state index is 0.160. The summed E-state index contributed by atoms with van der Waals surface area (Å²) in [6.07, 6.45) is 1.07. The molecule has 1 aliphatic carbocycles. The van der Waals surface area contributed by atoms with E-state index in [2.05, 4.69) is 5.32 Å². The van der Waals surface area contributed by atoms with Gasteiger partial charge in [-0.05, 0) is 24.5 Å². The van der Waals surface area contributed by atoms with Crippen LogP contribution in [0.5, 0.6) is 0 Å². The molecule has 94 valence electrons. The Hall–Kier alpha value is -1.49. The van der Waals surface area contributed by atoms with Gasteiger partial charge in [0.2, 0.25) is 5.91 Å². The topological polar surface area (TPSA) is 66.4 Å². The van der Waals surface area contributed by atoms with Crippen LogP contribution in [0.1, 0.15) is 24.3 Å². The number of carboxylic acids is 1. The first-order valence-corrected chi connectivity index (χ1v) is 6.88. The highest BCUT2D eigenvalue weighted by atomic mass is 32.2. The lowest BCUT2D eigenvalue weighted by atomic mass is 10.00. The van der Waals surface area contributed by atoms with Crippen LogP contribution >= 0.6 is 11.8 Å². The molecule has 1 aromatic carbocycles. The molecular formula is C13H13NO3S. The van der Waals surface area contributed by atoms with E-state index in [1.54, 1.807) is 11.8 Å². The number of thioether (sulfide) groups is 1. The molecule has 2 aliphatic rings. The second-order valence-corrected chi connectivity index (χ2v) is 5.84.